The minimum Gasteiger partial charge on any atom is -0.338 e. The van der Waals surface area contributed by atoms with Gasteiger partial charge in [0.25, 0.3) is 5.91 Å². The number of halogens is 1. The van der Waals surface area contributed by atoms with Crippen LogP contribution in [0.25, 0.3) is 0 Å². The lowest BCUT2D eigenvalue weighted by molar-refractivity contribution is 0.0944. The number of hydrogen-bond acceptors (Lipinski definition) is 1. The summed E-state index contributed by atoms with van der Waals surface area (Å²) in [5, 5.41) is 2.79. The SMILES string of the molecule is C#CC(CC)NC(=O)c1ccccc1I. The molecule has 0 aliphatic rings. The molecule has 0 aliphatic carbocycles. The molecule has 0 radical (unpaired) electrons. The lowest BCUT2D eigenvalue weighted by atomic mass is 10.2. The Hall–Kier alpha value is -1.02. The van der Waals surface area contributed by atoms with E-state index in [0.717, 1.165) is 9.99 Å². The van der Waals surface area contributed by atoms with E-state index in [-0.39, 0.29) is 11.9 Å². The molecule has 3 heteroatoms. The van der Waals surface area contributed by atoms with Gasteiger partial charge in [-0.3, -0.25) is 4.79 Å². The highest BCUT2D eigenvalue weighted by Crippen LogP contribution is 2.11. The van der Waals surface area contributed by atoms with Crippen LogP contribution in [0, 0.1) is 15.9 Å². The Morgan fingerprint density at radius 2 is 2.27 bits per heavy atom. The fourth-order valence-corrected chi connectivity index (χ4v) is 1.78. The van der Waals surface area contributed by atoms with Crippen molar-refractivity contribution in [2.24, 2.45) is 0 Å². The van der Waals surface area contributed by atoms with Gasteiger partial charge in [0.1, 0.15) is 0 Å². The molecule has 1 amide bonds. The maximum Gasteiger partial charge on any atom is 0.253 e. The monoisotopic (exact) mass is 313 g/mol. The van der Waals surface area contributed by atoms with Crippen molar-refractivity contribution in [3.8, 4) is 12.3 Å². The third kappa shape index (κ3) is 3.24. The highest BCUT2D eigenvalue weighted by molar-refractivity contribution is 14.1. The summed E-state index contributed by atoms with van der Waals surface area (Å²) in [7, 11) is 0. The Morgan fingerprint density at radius 3 is 2.80 bits per heavy atom. The van der Waals surface area contributed by atoms with Gasteiger partial charge in [0.2, 0.25) is 0 Å². The molecular formula is C12H12INO. The molecular weight excluding hydrogens is 301 g/mol. The van der Waals surface area contributed by atoms with Crippen LogP contribution in [0.2, 0.25) is 0 Å². The first-order valence-electron chi connectivity index (χ1n) is 4.70. The van der Waals surface area contributed by atoms with Crippen molar-refractivity contribution in [3.63, 3.8) is 0 Å². The van der Waals surface area contributed by atoms with Crippen molar-refractivity contribution in [3.05, 3.63) is 33.4 Å². The normalized spacial score (nSPS) is 11.5. The van der Waals surface area contributed by atoms with Crippen molar-refractivity contribution in [1.82, 2.24) is 5.32 Å². The van der Waals surface area contributed by atoms with E-state index in [2.05, 4.69) is 33.8 Å². The Balaban J connectivity index is 2.79. The van der Waals surface area contributed by atoms with Gasteiger partial charge in [-0.15, -0.1) is 6.42 Å². The van der Waals surface area contributed by atoms with E-state index in [9.17, 15) is 4.79 Å². The van der Waals surface area contributed by atoms with Crippen LogP contribution in [0.4, 0.5) is 0 Å². The topological polar surface area (TPSA) is 29.1 Å². The highest BCUT2D eigenvalue weighted by Gasteiger charge is 2.11. The molecule has 0 aromatic heterocycles. The number of nitrogens with one attached hydrogen (secondary N) is 1. The number of benzene rings is 1. The van der Waals surface area contributed by atoms with Gasteiger partial charge in [0.15, 0.2) is 0 Å². The van der Waals surface area contributed by atoms with Crippen LogP contribution < -0.4 is 5.32 Å². The number of terminal acetylenes is 1. The summed E-state index contributed by atoms with van der Waals surface area (Å²) < 4.78 is 0.930. The minimum absolute atomic E-state index is 0.107. The molecule has 1 aromatic rings. The van der Waals surface area contributed by atoms with Crippen molar-refractivity contribution in [2.75, 3.05) is 0 Å². The highest BCUT2D eigenvalue weighted by atomic mass is 127. The third-order valence-electron chi connectivity index (χ3n) is 2.03. The number of carbonyl (C=O) groups is 1. The fourth-order valence-electron chi connectivity index (χ4n) is 1.14. The zero-order chi connectivity index (χ0) is 11.3. The van der Waals surface area contributed by atoms with Gasteiger partial charge in [-0.1, -0.05) is 25.0 Å². The van der Waals surface area contributed by atoms with Gasteiger partial charge in [-0.2, -0.15) is 0 Å². The summed E-state index contributed by atoms with van der Waals surface area (Å²) in [6, 6.07) is 7.24. The summed E-state index contributed by atoms with van der Waals surface area (Å²) >= 11 is 2.13. The molecule has 1 N–H and O–H groups in total. The summed E-state index contributed by atoms with van der Waals surface area (Å²) in [5.41, 5.74) is 0.673. The summed E-state index contributed by atoms with van der Waals surface area (Å²) in [4.78, 5) is 11.8. The van der Waals surface area contributed by atoms with E-state index in [0.29, 0.717) is 5.56 Å². The largest absolute Gasteiger partial charge is 0.338 e. The smallest absolute Gasteiger partial charge is 0.253 e. The molecule has 0 fully saturated rings. The van der Waals surface area contributed by atoms with E-state index in [1.807, 2.05) is 25.1 Å². The minimum atomic E-state index is -0.187. The Labute approximate surface area is 104 Å². The Kier molecular flexibility index (Phi) is 4.63. The number of rotatable bonds is 3. The molecule has 0 spiro atoms. The second-order valence-corrected chi connectivity index (χ2v) is 4.24. The molecule has 0 bridgehead atoms. The van der Waals surface area contributed by atoms with Crippen molar-refractivity contribution in [1.29, 1.82) is 0 Å². The molecule has 1 unspecified atom stereocenters. The molecule has 15 heavy (non-hydrogen) atoms. The van der Waals surface area contributed by atoms with Crippen LogP contribution >= 0.6 is 22.6 Å². The zero-order valence-electron chi connectivity index (χ0n) is 8.46. The molecule has 0 saturated heterocycles. The fraction of sp³-hybridized carbons (Fsp3) is 0.250. The maximum atomic E-state index is 11.8. The molecule has 78 valence electrons. The van der Waals surface area contributed by atoms with Gasteiger partial charge in [0, 0.05) is 3.57 Å². The van der Waals surface area contributed by atoms with Crippen LogP contribution in [0.15, 0.2) is 24.3 Å². The van der Waals surface area contributed by atoms with Gasteiger partial charge in [-0.25, -0.2) is 0 Å². The predicted molar refractivity (Wildman–Crippen MR) is 69.5 cm³/mol. The molecule has 1 rings (SSSR count). The first kappa shape index (κ1) is 12.1. The van der Waals surface area contributed by atoms with Gasteiger partial charge in [-0.05, 0) is 41.1 Å². The summed E-state index contributed by atoms with van der Waals surface area (Å²) in [6.45, 7) is 1.95. The van der Waals surface area contributed by atoms with Gasteiger partial charge in [0.05, 0.1) is 11.6 Å². The molecule has 0 heterocycles. The molecule has 0 aliphatic heterocycles. The van der Waals surface area contributed by atoms with Gasteiger partial charge < -0.3 is 5.32 Å². The van der Waals surface area contributed by atoms with E-state index >= 15 is 0 Å². The summed E-state index contributed by atoms with van der Waals surface area (Å²) in [6.07, 6.45) is 6.02. The van der Waals surface area contributed by atoms with Gasteiger partial charge >= 0.3 is 0 Å². The zero-order valence-corrected chi connectivity index (χ0v) is 10.6. The average molecular weight is 313 g/mol. The second-order valence-electron chi connectivity index (χ2n) is 3.08. The number of carbonyl (C=O) groups excluding carboxylic acids is 1. The Morgan fingerprint density at radius 1 is 1.60 bits per heavy atom. The van der Waals surface area contributed by atoms with Crippen LogP contribution in [-0.2, 0) is 0 Å². The van der Waals surface area contributed by atoms with Crippen molar-refractivity contribution >= 4 is 28.5 Å². The van der Waals surface area contributed by atoms with Crippen LogP contribution in [-0.4, -0.2) is 11.9 Å². The maximum absolute atomic E-state index is 11.8. The molecule has 1 aromatic carbocycles. The number of amides is 1. The van der Waals surface area contributed by atoms with E-state index in [4.69, 9.17) is 6.42 Å². The lowest BCUT2D eigenvalue weighted by Gasteiger charge is -2.11. The first-order chi connectivity index (χ1) is 7.19. The van der Waals surface area contributed by atoms with E-state index < -0.39 is 0 Å². The predicted octanol–water partition coefficient (Wildman–Crippen LogP) is 2.43. The quantitative estimate of drug-likeness (QED) is 0.674. The first-order valence-corrected chi connectivity index (χ1v) is 5.78. The van der Waals surface area contributed by atoms with Crippen LogP contribution in [0.5, 0.6) is 0 Å². The molecule has 0 saturated carbocycles. The van der Waals surface area contributed by atoms with Crippen molar-refractivity contribution < 1.29 is 4.79 Å². The second kappa shape index (κ2) is 5.76. The molecule has 2 nitrogen and oxygen atoms in total. The standard InChI is InChI=1S/C12H12INO/c1-3-9(4-2)14-12(15)10-7-5-6-8-11(10)13/h1,5-9H,4H2,2H3,(H,14,15). The molecule has 1 atom stereocenters. The van der Waals surface area contributed by atoms with Crippen LogP contribution in [0.3, 0.4) is 0 Å². The van der Waals surface area contributed by atoms with Crippen LogP contribution in [0.1, 0.15) is 23.7 Å². The van der Waals surface area contributed by atoms with Crippen molar-refractivity contribution in [2.45, 2.75) is 19.4 Å². The number of hydrogen-bond donors (Lipinski definition) is 1. The Bertz CT molecular complexity index is 395. The van der Waals surface area contributed by atoms with E-state index in [1.165, 1.54) is 0 Å². The lowest BCUT2D eigenvalue weighted by Crippen LogP contribution is -2.33. The van der Waals surface area contributed by atoms with E-state index in [1.54, 1.807) is 6.07 Å². The third-order valence-corrected chi connectivity index (χ3v) is 2.97. The average Bonchev–Trinajstić information content (AvgIpc) is 2.26. The summed E-state index contributed by atoms with van der Waals surface area (Å²) in [5.74, 6) is 2.43.